The van der Waals surface area contributed by atoms with Crippen LogP contribution in [0.5, 0.6) is 0 Å². The van der Waals surface area contributed by atoms with Gasteiger partial charge in [-0.3, -0.25) is 0 Å². The van der Waals surface area contributed by atoms with Gasteiger partial charge in [0.05, 0.1) is 11.7 Å². The van der Waals surface area contributed by atoms with Crippen molar-refractivity contribution >= 4 is 0 Å². The van der Waals surface area contributed by atoms with Crippen molar-refractivity contribution in [2.75, 3.05) is 26.3 Å². The molecule has 2 fully saturated rings. The lowest BCUT2D eigenvalue weighted by Gasteiger charge is -2.33. The van der Waals surface area contributed by atoms with Gasteiger partial charge in [-0.2, -0.15) is 0 Å². The molecular formula is C16H31NO2. The van der Waals surface area contributed by atoms with Crippen LogP contribution in [0.1, 0.15) is 64.7 Å². The van der Waals surface area contributed by atoms with Crippen molar-refractivity contribution in [3.63, 3.8) is 0 Å². The molecule has 0 aromatic carbocycles. The summed E-state index contributed by atoms with van der Waals surface area (Å²) in [5.74, 6) is 0. The highest BCUT2D eigenvalue weighted by Crippen LogP contribution is 2.41. The summed E-state index contributed by atoms with van der Waals surface area (Å²) in [4.78, 5) is 0. The third kappa shape index (κ3) is 5.05. The molecule has 2 rings (SSSR count). The van der Waals surface area contributed by atoms with Crippen molar-refractivity contribution in [3.05, 3.63) is 0 Å². The van der Waals surface area contributed by atoms with Crippen molar-refractivity contribution in [1.29, 1.82) is 0 Å². The lowest BCUT2D eigenvalue weighted by Crippen LogP contribution is -2.35. The Bertz CT molecular complexity index is 239. The minimum absolute atomic E-state index is 0.273. The topological polar surface area (TPSA) is 30.5 Å². The molecule has 0 aromatic heterocycles. The van der Waals surface area contributed by atoms with Crippen LogP contribution in [0.3, 0.4) is 0 Å². The Morgan fingerprint density at radius 1 is 1.16 bits per heavy atom. The molecule has 0 radical (unpaired) electrons. The first-order valence-corrected chi connectivity index (χ1v) is 8.31. The normalized spacial score (nSPS) is 26.1. The van der Waals surface area contributed by atoms with E-state index in [-0.39, 0.29) is 5.60 Å². The van der Waals surface area contributed by atoms with Gasteiger partial charge in [0.15, 0.2) is 0 Å². The highest BCUT2D eigenvalue weighted by Gasteiger charge is 2.40. The maximum absolute atomic E-state index is 6.34. The van der Waals surface area contributed by atoms with Crippen molar-refractivity contribution in [2.45, 2.75) is 76.4 Å². The van der Waals surface area contributed by atoms with Crippen LogP contribution in [0.25, 0.3) is 0 Å². The minimum Gasteiger partial charge on any atom is -0.381 e. The molecule has 1 aliphatic carbocycles. The minimum atomic E-state index is 0.273. The van der Waals surface area contributed by atoms with Gasteiger partial charge >= 0.3 is 0 Å². The highest BCUT2D eigenvalue weighted by atomic mass is 16.5. The fraction of sp³-hybridized carbons (Fsp3) is 1.00. The summed E-state index contributed by atoms with van der Waals surface area (Å²) in [7, 11) is 0. The molecule has 0 aromatic rings. The van der Waals surface area contributed by atoms with E-state index in [1.807, 2.05) is 0 Å². The Morgan fingerprint density at radius 3 is 2.79 bits per heavy atom. The highest BCUT2D eigenvalue weighted by molar-refractivity contribution is 4.91. The van der Waals surface area contributed by atoms with Crippen molar-refractivity contribution in [1.82, 2.24) is 5.32 Å². The molecule has 3 nitrogen and oxygen atoms in total. The van der Waals surface area contributed by atoms with Gasteiger partial charge in [0.1, 0.15) is 0 Å². The predicted molar refractivity (Wildman–Crippen MR) is 78.5 cm³/mol. The Balaban J connectivity index is 1.51. The van der Waals surface area contributed by atoms with E-state index < -0.39 is 0 Å². The second kappa shape index (κ2) is 8.23. The molecule has 1 atom stereocenters. The fourth-order valence-electron chi connectivity index (χ4n) is 3.41. The van der Waals surface area contributed by atoms with E-state index in [2.05, 4.69) is 12.2 Å². The molecule has 0 bridgehead atoms. The van der Waals surface area contributed by atoms with Crippen molar-refractivity contribution < 1.29 is 9.47 Å². The fourth-order valence-corrected chi connectivity index (χ4v) is 3.41. The number of ether oxygens (including phenoxy) is 2. The average molecular weight is 269 g/mol. The number of nitrogens with one attached hydrogen (secondary N) is 1. The first-order chi connectivity index (χ1) is 9.35. The van der Waals surface area contributed by atoms with Gasteiger partial charge < -0.3 is 14.8 Å². The average Bonchev–Trinajstić information content (AvgIpc) is 2.81. The third-order valence-corrected chi connectivity index (χ3v) is 4.47. The molecule has 3 heteroatoms. The molecule has 1 saturated carbocycles. The van der Waals surface area contributed by atoms with E-state index in [0.717, 1.165) is 39.1 Å². The van der Waals surface area contributed by atoms with Crippen LogP contribution in [0, 0.1) is 0 Å². The summed E-state index contributed by atoms with van der Waals surface area (Å²) in [6.45, 7) is 6.01. The maximum Gasteiger partial charge on any atom is 0.0708 e. The zero-order chi connectivity index (χ0) is 13.4. The molecule has 1 heterocycles. The van der Waals surface area contributed by atoms with Crippen LogP contribution in [-0.4, -0.2) is 38.0 Å². The van der Waals surface area contributed by atoms with E-state index in [4.69, 9.17) is 9.47 Å². The first-order valence-electron chi connectivity index (χ1n) is 8.31. The van der Waals surface area contributed by atoms with Gasteiger partial charge in [0.25, 0.3) is 0 Å². The van der Waals surface area contributed by atoms with Crippen LogP contribution < -0.4 is 5.32 Å². The van der Waals surface area contributed by atoms with E-state index in [1.54, 1.807) is 0 Å². The number of hydrogen-bond donors (Lipinski definition) is 1. The van der Waals surface area contributed by atoms with Gasteiger partial charge in [-0.05, 0) is 45.1 Å². The SMILES string of the molecule is CCCOCCCNCC1CCC2(CCCCC2)O1. The molecule has 1 spiro atoms. The molecule has 1 unspecified atom stereocenters. The lowest BCUT2D eigenvalue weighted by molar-refractivity contribution is -0.0623. The molecule has 0 amide bonds. The van der Waals surface area contributed by atoms with E-state index in [0.29, 0.717) is 6.10 Å². The summed E-state index contributed by atoms with van der Waals surface area (Å²) in [5, 5.41) is 3.52. The quantitative estimate of drug-likeness (QED) is 0.686. The predicted octanol–water partition coefficient (Wildman–Crippen LogP) is 3.27. The smallest absolute Gasteiger partial charge is 0.0708 e. The van der Waals surface area contributed by atoms with Crippen LogP contribution in [0.2, 0.25) is 0 Å². The van der Waals surface area contributed by atoms with Gasteiger partial charge in [0.2, 0.25) is 0 Å². The molecular weight excluding hydrogens is 238 g/mol. The summed E-state index contributed by atoms with van der Waals surface area (Å²) in [6, 6.07) is 0. The van der Waals surface area contributed by atoms with E-state index >= 15 is 0 Å². The Kier molecular flexibility index (Phi) is 6.62. The van der Waals surface area contributed by atoms with Crippen molar-refractivity contribution in [2.24, 2.45) is 0 Å². The molecule has 19 heavy (non-hydrogen) atoms. The molecule has 1 aliphatic heterocycles. The summed E-state index contributed by atoms with van der Waals surface area (Å²) >= 11 is 0. The summed E-state index contributed by atoms with van der Waals surface area (Å²) < 4.78 is 11.8. The lowest BCUT2D eigenvalue weighted by atomic mass is 9.83. The van der Waals surface area contributed by atoms with E-state index in [9.17, 15) is 0 Å². The zero-order valence-electron chi connectivity index (χ0n) is 12.6. The number of rotatable bonds is 8. The third-order valence-electron chi connectivity index (χ3n) is 4.47. The van der Waals surface area contributed by atoms with Crippen LogP contribution in [-0.2, 0) is 9.47 Å². The Labute approximate surface area is 118 Å². The Hall–Kier alpha value is -0.120. The zero-order valence-corrected chi connectivity index (χ0v) is 12.6. The van der Waals surface area contributed by atoms with E-state index in [1.165, 1.54) is 44.9 Å². The van der Waals surface area contributed by atoms with Gasteiger partial charge in [-0.25, -0.2) is 0 Å². The van der Waals surface area contributed by atoms with Crippen LogP contribution in [0.15, 0.2) is 0 Å². The maximum atomic E-state index is 6.34. The second-order valence-electron chi connectivity index (χ2n) is 6.19. The molecule has 2 aliphatic rings. The standard InChI is InChI=1S/C16H31NO2/c1-2-12-18-13-6-11-17-14-15-7-10-16(19-15)8-4-3-5-9-16/h15,17H,2-14H2,1H3. The summed E-state index contributed by atoms with van der Waals surface area (Å²) in [6.07, 6.45) is 12.0. The first kappa shape index (κ1) is 15.3. The Morgan fingerprint density at radius 2 is 2.00 bits per heavy atom. The van der Waals surface area contributed by atoms with Crippen LogP contribution >= 0.6 is 0 Å². The molecule has 1 saturated heterocycles. The van der Waals surface area contributed by atoms with Crippen molar-refractivity contribution in [3.8, 4) is 0 Å². The van der Waals surface area contributed by atoms with Gasteiger partial charge in [-0.15, -0.1) is 0 Å². The largest absolute Gasteiger partial charge is 0.381 e. The monoisotopic (exact) mass is 269 g/mol. The van der Waals surface area contributed by atoms with Gasteiger partial charge in [-0.1, -0.05) is 26.2 Å². The second-order valence-corrected chi connectivity index (χ2v) is 6.19. The number of hydrogen-bond acceptors (Lipinski definition) is 3. The molecule has 112 valence electrons. The van der Waals surface area contributed by atoms with Gasteiger partial charge in [0, 0.05) is 19.8 Å². The summed E-state index contributed by atoms with van der Waals surface area (Å²) in [5.41, 5.74) is 0.273. The van der Waals surface area contributed by atoms with Crippen LogP contribution in [0.4, 0.5) is 0 Å². The molecule has 1 N–H and O–H groups in total.